The van der Waals surface area contributed by atoms with Crippen LogP contribution in [0.2, 0.25) is 0 Å². The van der Waals surface area contributed by atoms with Crippen molar-refractivity contribution in [3.05, 3.63) is 47.2 Å². The highest BCUT2D eigenvalue weighted by molar-refractivity contribution is 6.02. The lowest BCUT2D eigenvalue weighted by atomic mass is 9.95. The molecule has 1 saturated carbocycles. The third-order valence-electron chi connectivity index (χ3n) is 12.7. The van der Waals surface area contributed by atoms with Crippen molar-refractivity contribution in [1.82, 2.24) is 25.2 Å². The molecule has 0 radical (unpaired) electrons. The van der Waals surface area contributed by atoms with E-state index < -0.39 is 35.4 Å². The Balaban J connectivity index is 1.10. The number of halogens is 5. The third kappa shape index (κ3) is 6.12. The van der Waals surface area contributed by atoms with E-state index in [1.54, 1.807) is 13.0 Å². The predicted octanol–water partition coefficient (Wildman–Crippen LogP) is 7.37. The molecule has 4 fully saturated rings. The van der Waals surface area contributed by atoms with Gasteiger partial charge in [-0.1, -0.05) is 13.0 Å². The zero-order chi connectivity index (χ0) is 37.5. The lowest BCUT2D eigenvalue weighted by Gasteiger charge is -2.40. The van der Waals surface area contributed by atoms with Crippen molar-refractivity contribution in [2.75, 3.05) is 37.7 Å². The molecule has 14 heteroatoms. The van der Waals surface area contributed by atoms with Gasteiger partial charge in [0.2, 0.25) is 0 Å². The van der Waals surface area contributed by atoms with Crippen molar-refractivity contribution in [3.8, 4) is 23.0 Å². The van der Waals surface area contributed by atoms with Gasteiger partial charge in [0.05, 0.1) is 23.2 Å². The standard InChI is InChI=1S/C40H45F5N6O3/c1-3-24-18-50-25(17-46-24)8-10-30-32-35(33(42)34(47-30)28-16-27(52)15-23-7-9-29(41)21(2)31(23)28)48-38(49-37(32)50)54-20-39-12-4-14-51(39)26(11-13-39)19-53-36(22-5-6-22)40(43,44)45/h7,9,15-16,22,24-26,36,46,52H,3-6,8,10-14,17-20H2,1-2H3/t24-,25-,26+,36?,39+/m1/s1. The Bertz CT molecular complexity index is 2110. The number of fused-ring (bicyclic) bond motifs is 4. The summed E-state index contributed by atoms with van der Waals surface area (Å²) < 4.78 is 85.5. The molecule has 2 N–H and O–H groups in total. The molecule has 9 rings (SSSR count). The Morgan fingerprint density at radius 3 is 2.67 bits per heavy atom. The monoisotopic (exact) mass is 752 g/mol. The van der Waals surface area contributed by atoms with E-state index in [2.05, 4.69) is 22.0 Å². The molecule has 2 aromatic carbocycles. The predicted molar refractivity (Wildman–Crippen MR) is 194 cm³/mol. The molecule has 6 heterocycles. The number of phenolic OH excluding ortho intramolecular Hbond substituents is 1. The first-order valence-corrected chi connectivity index (χ1v) is 19.3. The maximum atomic E-state index is 17.2. The maximum absolute atomic E-state index is 17.2. The van der Waals surface area contributed by atoms with Crippen LogP contribution in [0.3, 0.4) is 0 Å². The largest absolute Gasteiger partial charge is 0.508 e. The Morgan fingerprint density at radius 1 is 1.06 bits per heavy atom. The first kappa shape index (κ1) is 35.8. The van der Waals surface area contributed by atoms with Gasteiger partial charge in [0.25, 0.3) is 0 Å². The summed E-state index contributed by atoms with van der Waals surface area (Å²) >= 11 is 0. The number of anilines is 1. The smallest absolute Gasteiger partial charge is 0.414 e. The second kappa shape index (κ2) is 13.4. The molecule has 4 aliphatic heterocycles. The Hall–Kier alpha value is -3.88. The number of nitrogens with one attached hydrogen (secondary N) is 1. The molecular formula is C40H45F5N6O3. The molecule has 0 spiro atoms. The number of hydrogen-bond donors (Lipinski definition) is 2. The van der Waals surface area contributed by atoms with Crippen molar-refractivity contribution in [2.24, 2.45) is 5.92 Å². The van der Waals surface area contributed by atoms with Crippen LogP contribution < -0.4 is 15.0 Å². The van der Waals surface area contributed by atoms with Crippen molar-refractivity contribution >= 4 is 27.5 Å². The average Bonchev–Trinajstić information content (AvgIpc) is 3.83. The van der Waals surface area contributed by atoms with Crippen LogP contribution in [0.5, 0.6) is 11.8 Å². The molecule has 5 aliphatic rings. The second-order valence-corrected chi connectivity index (χ2v) is 16.0. The average molecular weight is 753 g/mol. The highest BCUT2D eigenvalue weighted by Crippen LogP contribution is 2.46. The fourth-order valence-electron chi connectivity index (χ4n) is 9.69. The van der Waals surface area contributed by atoms with Crippen LogP contribution in [0.25, 0.3) is 32.9 Å². The summed E-state index contributed by atoms with van der Waals surface area (Å²) in [6.45, 7) is 6.06. The summed E-state index contributed by atoms with van der Waals surface area (Å²) in [5.41, 5.74) is 0.799. The minimum atomic E-state index is -4.38. The summed E-state index contributed by atoms with van der Waals surface area (Å²) in [6, 6.07) is 5.95. The van der Waals surface area contributed by atoms with Gasteiger partial charge in [-0.25, -0.2) is 13.8 Å². The number of pyridine rings is 1. The van der Waals surface area contributed by atoms with Gasteiger partial charge in [0.1, 0.15) is 35.2 Å². The normalized spacial score (nSPS) is 26.3. The van der Waals surface area contributed by atoms with E-state index in [4.69, 9.17) is 24.4 Å². The van der Waals surface area contributed by atoms with Crippen LogP contribution in [0.1, 0.15) is 69.5 Å². The second-order valence-electron chi connectivity index (χ2n) is 16.0. The van der Waals surface area contributed by atoms with Crippen LogP contribution in [0.4, 0.5) is 27.8 Å². The first-order chi connectivity index (χ1) is 25.9. The number of phenols is 1. The van der Waals surface area contributed by atoms with E-state index in [0.717, 1.165) is 45.2 Å². The van der Waals surface area contributed by atoms with E-state index in [1.807, 2.05) is 0 Å². The summed E-state index contributed by atoms with van der Waals surface area (Å²) in [5, 5.41) is 15.9. The summed E-state index contributed by atoms with van der Waals surface area (Å²) in [7, 11) is 0. The van der Waals surface area contributed by atoms with E-state index in [1.165, 1.54) is 18.2 Å². The van der Waals surface area contributed by atoms with Gasteiger partial charge in [-0.2, -0.15) is 23.1 Å². The van der Waals surface area contributed by atoms with Crippen LogP contribution >= 0.6 is 0 Å². The van der Waals surface area contributed by atoms with Gasteiger partial charge < -0.3 is 24.8 Å². The van der Waals surface area contributed by atoms with Crippen LogP contribution in [0.15, 0.2) is 24.3 Å². The van der Waals surface area contributed by atoms with Crippen molar-refractivity contribution in [2.45, 2.75) is 108 Å². The SMILES string of the molecule is CC[C@@H]1CN2c3nc(OC[C@@]45CCCN4[C@H](COC(C4CC4)C(F)(F)F)CC5)nc4c(F)c(-c5cc(O)cc6ccc(F)c(C)c56)nc(c34)CC[C@@H]2CN1. The maximum Gasteiger partial charge on any atom is 0.414 e. The summed E-state index contributed by atoms with van der Waals surface area (Å²) in [4.78, 5) is 19.1. The molecule has 9 nitrogen and oxygen atoms in total. The minimum Gasteiger partial charge on any atom is -0.508 e. The van der Waals surface area contributed by atoms with Gasteiger partial charge >= 0.3 is 12.2 Å². The van der Waals surface area contributed by atoms with E-state index in [-0.39, 0.29) is 59.9 Å². The fourth-order valence-corrected chi connectivity index (χ4v) is 9.69. The van der Waals surface area contributed by atoms with Crippen molar-refractivity contribution < 1.29 is 36.5 Å². The number of ether oxygens (including phenoxy) is 2. The van der Waals surface area contributed by atoms with E-state index >= 15 is 4.39 Å². The van der Waals surface area contributed by atoms with Crippen molar-refractivity contribution in [3.63, 3.8) is 0 Å². The number of benzene rings is 2. The fraction of sp³-hybridized carbons (Fsp3) is 0.575. The van der Waals surface area contributed by atoms with Crippen LogP contribution in [-0.2, 0) is 11.2 Å². The molecule has 4 aromatic rings. The number of nitrogens with zero attached hydrogens (tertiary/aromatic N) is 5. The number of aromatic hydroxyl groups is 1. The molecule has 1 unspecified atom stereocenters. The molecule has 0 bridgehead atoms. The molecular weight excluding hydrogens is 707 g/mol. The Kier molecular flexibility index (Phi) is 8.89. The molecule has 3 saturated heterocycles. The summed E-state index contributed by atoms with van der Waals surface area (Å²) in [6.07, 6.45) is 0.234. The third-order valence-corrected chi connectivity index (χ3v) is 12.7. The van der Waals surface area contributed by atoms with Gasteiger partial charge in [0, 0.05) is 36.8 Å². The molecule has 1 aliphatic carbocycles. The van der Waals surface area contributed by atoms with Gasteiger partial charge in [-0.3, -0.25) is 4.90 Å². The lowest BCUT2D eigenvalue weighted by Crippen LogP contribution is -2.56. The number of aryl methyl sites for hydroxylation is 2. The lowest BCUT2D eigenvalue weighted by molar-refractivity contribution is -0.230. The molecule has 288 valence electrons. The topological polar surface area (TPSA) is 95.9 Å². The number of alkyl halides is 3. The molecule has 0 amide bonds. The highest BCUT2D eigenvalue weighted by Gasteiger charge is 2.53. The van der Waals surface area contributed by atoms with Gasteiger partial charge in [-0.05, 0) is 112 Å². The number of rotatable bonds is 9. The minimum absolute atomic E-state index is 0.0128. The summed E-state index contributed by atoms with van der Waals surface area (Å²) in [5.74, 6) is -1.16. The zero-order valence-corrected chi connectivity index (χ0v) is 30.5. The van der Waals surface area contributed by atoms with Crippen molar-refractivity contribution in [1.29, 1.82) is 0 Å². The number of aromatic nitrogens is 3. The molecule has 5 atom stereocenters. The molecule has 2 aromatic heterocycles. The Labute approximate surface area is 310 Å². The zero-order valence-electron chi connectivity index (χ0n) is 30.5. The molecule has 54 heavy (non-hydrogen) atoms. The number of hydrogen-bond acceptors (Lipinski definition) is 9. The van der Waals surface area contributed by atoms with E-state index in [0.29, 0.717) is 65.5 Å². The number of piperazine rings is 1. The van der Waals surface area contributed by atoms with Crippen LogP contribution in [0, 0.1) is 24.5 Å². The van der Waals surface area contributed by atoms with E-state index in [9.17, 15) is 22.7 Å². The van der Waals surface area contributed by atoms with Crippen LogP contribution in [-0.4, -0.2) is 93.8 Å². The first-order valence-electron chi connectivity index (χ1n) is 19.3. The van der Waals surface area contributed by atoms with Gasteiger partial charge in [-0.15, -0.1) is 0 Å². The quantitative estimate of drug-likeness (QED) is 0.170. The van der Waals surface area contributed by atoms with Gasteiger partial charge in [0.15, 0.2) is 11.9 Å². The Morgan fingerprint density at radius 2 is 1.89 bits per heavy atom. The highest BCUT2D eigenvalue weighted by atomic mass is 19.4.